The van der Waals surface area contributed by atoms with Gasteiger partial charge in [-0.05, 0) is 51.5 Å². The van der Waals surface area contributed by atoms with E-state index in [4.69, 9.17) is 30.6 Å². The number of ether oxygens (including phenoxy) is 2. The molecule has 9 nitrogen and oxygen atoms in total. The van der Waals surface area contributed by atoms with Crippen LogP contribution in [0.25, 0.3) is 0 Å². The molecule has 1 fully saturated rings. The Kier molecular flexibility index (Phi) is 9.12. The van der Waals surface area contributed by atoms with E-state index in [-0.39, 0.29) is 35.3 Å². The van der Waals surface area contributed by atoms with E-state index in [1.54, 1.807) is 31.5 Å². The van der Waals surface area contributed by atoms with Gasteiger partial charge < -0.3 is 24.4 Å². The minimum atomic E-state index is -1.21. The van der Waals surface area contributed by atoms with Gasteiger partial charge in [0.25, 0.3) is 0 Å². The lowest BCUT2D eigenvalue weighted by Gasteiger charge is -2.34. The molecule has 0 spiro atoms. The maximum atomic E-state index is 14.6. The van der Waals surface area contributed by atoms with Crippen molar-refractivity contribution in [3.8, 4) is 0 Å². The standard InChI is InChI=1S/C28H29ClF2N4O5S/c1-3-38-27(36)19-13-18(35-40-19)14-5-7-15(8-6-14)23-20(28(37)39-4-2)24(16-9-10-17(30)22(31)21(16)29)34-25(33-23)26-32-11-12-41-26/h9-15,24,27,36H,3-8H2,1-2H3,(H,33,34). The van der Waals surface area contributed by atoms with E-state index in [0.717, 1.165) is 24.6 Å². The number of thiazole rings is 1. The Balaban J connectivity index is 1.49. The van der Waals surface area contributed by atoms with Crippen LogP contribution >= 0.6 is 22.9 Å². The van der Waals surface area contributed by atoms with Gasteiger partial charge in [-0.3, -0.25) is 4.99 Å². The second kappa shape index (κ2) is 12.8. The number of aromatic nitrogens is 2. The zero-order valence-electron chi connectivity index (χ0n) is 22.4. The van der Waals surface area contributed by atoms with Crippen molar-refractivity contribution in [3.63, 3.8) is 0 Å². The molecular formula is C28H29ClF2N4O5S. The van der Waals surface area contributed by atoms with E-state index in [2.05, 4.69) is 15.5 Å². The number of carbonyl (C=O) groups is 1. The highest BCUT2D eigenvalue weighted by atomic mass is 35.5. The summed E-state index contributed by atoms with van der Waals surface area (Å²) in [4.78, 5) is 22.5. The monoisotopic (exact) mass is 606 g/mol. The topological polar surface area (TPSA) is 119 Å². The van der Waals surface area contributed by atoms with Gasteiger partial charge in [0, 0.05) is 41.4 Å². The molecule has 3 aromatic rings. The first kappa shape index (κ1) is 29.3. The average molecular weight is 607 g/mol. The summed E-state index contributed by atoms with van der Waals surface area (Å²) in [5.74, 6) is -2.29. The summed E-state index contributed by atoms with van der Waals surface area (Å²) < 4.78 is 44.5. The summed E-state index contributed by atoms with van der Waals surface area (Å²) >= 11 is 7.63. The van der Waals surface area contributed by atoms with Crippen molar-refractivity contribution in [2.45, 2.75) is 57.8 Å². The predicted octanol–water partition coefficient (Wildman–Crippen LogP) is 5.97. The van der Waals surface area contributed by atoms with Gasteiger partial charge in [0.2, 0.25) is 6.29 Å². The highest BCUT2D eigenvalue weighted by Crippen LogP contribution is 2.44. The number of amidine groups is 1. The fraction of sp³-hybridized carbons (Fsp3) is 0.429. The first-order valence-electron chi connectivity index (χ1n) is 13.4. The Bertz CT molecular complexity index is 1450. The van der Waals surface area contributed by atoms with Crippen molar-refractivity contribution in [1.29, 1.82) is 0 Å². The molecule has 1 saturated carbocycles. The number of esters is 1. The average Bonchev–Trinajstić information content (AvgIpc) is 3.69. The largest absolute Gasteiger partial charge is 0.463 e. The SMILES string of the molecule is CCOC(=O)C1=C(C2CCC(c3cc(C(O)OCC)on3)CC2)NC(c2nccs2)=NC1c1ccc(F)c(F)c1Cl. The van der Waals surface area contributed by atoms with Crippen molar-refractivity contribution < 1.29 is 32.7 Å². The fourth-order valence-corrected chi connectivity index (χ4v) is 6.12. The normalized spacial score (nSPS) is 21.8. The molecule has 2 atom stereocenters. The molecule has 2 aromatic heterocycles. The minimum absolute atomic E-state index is 0.0800. The Labute approximate surface area is 244 Å². The number of nitrogens with one attached hydrogen (secondary N) is 1. The Morgan fingerprint density at radius 1 is 1.22 bits per heavy atom. The van der Waals surface area contributed by atoms with Crippen LogP contribution < -0.4 is 5.32 Å². The molecule has 0 radical (unpaired) electrons. The lowest BCUT2D eigenvalue weighted by Crippen LogP contribution is -2.38. The molecule has 5 rings (SSSR count). The van der Waals surface area contributed by atoms with Crippen LogP contribution in [0.5, 0.6) is 0 Å². The smallest absolute Gasteiger partial charge is 0.338 e. The predicted molar refractivity (Wildman–Crippen MR) is 147 cm³/mol. The van der Waals surface area contributed by atoms with Crippen LogP contribution in [0.4, 0.5) is 8.78 Å². The molecule has 13 heteroatoms. The van der Waals surface area contributed by atoms with Crippen molar-refractivity contribution in [1.82, 2.24) is 15.5 Å². The number of nitrogens with zero attached hydrogens (tertiary/aromatic N) is 3. The number of carbonyl (C=O) groups excluding carboxylic acids is 1. The van der Waals surface area contributed by atoms with Gasteiger partial charge >= 0.3 is 5.97 Å². The molecule has 1 aromatic carbocycles. The van der Waals surface area contributed by atoms with Crippen LogP contribution in [-0.2, 0) is 14.3 Å². The summed E-state index contributed by atoms with van der Waals surface area (Å²) in [5.41, 5.74) is 1.68. The lowest BCUT2D eigenvalue weighted by molar-refractivity contribution is -0.139. The maximum absolute atomic E-state index is 14.6. The summed E-state index contributed by atoms with van der Waals surface area (Å²) in [6, 6.07) is 2.98. The van der Waals surface area contributed by atoms with Gasteiger partial charge in [0.05, 0.1) is 22.9 Å². The van der Waals surface area contributed by atoms with Crippen molar-refractivity contribution in [2.75, 3.05) is 13.2 Å². The molecular weight excluding hydrogens is 578 g/mol. The highest BCUT2D eigenvalue weighted by Gasteiger charge is 2.39. The van der Waals surface area contributed by atoms with E-state index in [0.29, 0.717) is 36.0 Å². The number of aliphatic hydroxyl groups is 1. The molecule has 1 aliphatic heterocycles. The van der Waals surface area contributed by atoms with Crippen LogP contribution in [0.15, 0.2) is 50.6 Å². The van der Waals surface area contributed by atoms with Crippen LogP contribution in [0.1, 0.15) is 79.8 Å². The van der Waals surface area contributed by atoms with E-state index >= 15 is 0 Å². The number of aliphatic hydroxyl groups excluding tert-OH is 1. The molecule has 0 amide bonds. The van der Waals surface area contributed by atoms with Gasteiger partial charge in [-0.2, -0.15) is 0 Å². The lowest BCUT2D eigenvalue weighted by atomic mass is 9.77. The number of hydrogen-bond donors (Lipinski definition) is 2. The van der Waals surface area contributed by atoms with Crippen molar-refractivity contribution >= 4 is 34.7 Å². The van der Waals surface area contributed by atoms with Crippen LogP contribution in [0, 0.1) is 17.6 Å². The Hall–Kier alpha value is -3.19. The molecule has 2 N–H and O–H groups in total. The van der Waals surface area contributed by atoms with E-state index in [9.17, 15) is 18.7 Å². The number of halogens is 3. The van der Waals surface area contributed by atoms with Gasteiger partial charge in [0.15, 0.2) is 28.2 Å². The number of aliphatic imine (C=N–C) groups is 1. The van der Waals surface area contributed by atoms with E-state index < -0.39 is 35.0 Å². The number of allylic oxidation sites excluding steroid dienone is 1. The zero-order chi connectivity index (χ0) is 29.1. The molecule has 41 heavy (non-hydrogen) atoms. The van der Waals surface area contributed by atoms with Crippen molar-refractivity contribution in [3.05, 3.63) is 79.7 Å². The van der Waals surface area contributed by atoms with Gasteiger partial charge in [-0.25, -0.2) is 18.6 Å². The second-order valence-electron chi connectivity index (χ2n) is 9.67. The molecule has 0 saturated heterocycles. The fourth-order valence-electron chi connectivity index (χ4n) is 5.28. The highest BCUT2D eigenvalue weighted by molar-refractivity contribution is 7.11. The molecule has 0 bridgehead atoms. The van der Waals surface area contributed by atoms with Crippen LogP contribution in [-0.4, -0.2) is 40.3 Å². The first-order chi connectivity index (χ1) is 19.8. The Morgan fingerprint density at radius 2 is 1.98 bits per heavy atom. The summed E-state index contributed by atoms with van der Waals surface area (Å²) in [6.45, 7) is 3.91. The first-order valence-corrected chi connectivity index (χ1v) is 14.6. The Morgan fingerprint density at radius 3 is 2.66 bits per heavy atom. The van der Waals surface area contributed by atoms with Gasteiger partial charge in [0.1, 0.15) is 6.04 Å². The molecule has 218 valence electrons. The summed E-state index contributed by atoms with van der Waals surface area (Å²) in [5, 5.41) is 19.5. The zero-order valence-corrected chi connectivity index (χ0v) is 24.0. The molecule has 2 unspecified atom stereocenters. The van der Waals surface area contributed by atoms with Gasteiger partial charge in [-0.1, -0.05) is 22.8 Å². The third-order valence-corrected chi connectivity index (χ3v) is 8.40. The van der Waals surface area contributed by atoms with Crippen LogP contribution in [0.2, 0.25) is 5.02 Å². The van der Waals surface area contributed by atoms with Crippen molar-refractivity contribution in [2.24, 2.45) is 10.9 Å². The number of benzene rings is 1. The third kappa shape index (κ3) is 6.06. The summed E-state index contributed by atoms with van der Waals surface area (Å²) in [6.07, 6.45) is 3.26. The third-order valence-electron chi connectivity index (χ3n) is 7.23. The second-order valence-corrected chi connectivity index (χ2v) is 10.9. The minimum Gasteiger partial charge on any atom is -0.463 e. The van der Waals surface area contributed by atoms with E-state index in [1.165, 1.54) is 17.4 Å². The van der Waals surface area contributed by atoms with Crippen LogP contribution in [0.3, 0.4) is 0 Å². The molecule has 3 heterocycles. The number of hydrogen-bond acceptors (Lipinski definition) is 10. The van der Waals surface area contributed by atoms with Gasteiger partial charge in [-0.15, -0.1) is 11.3 Å². The molecule has 2 aliphatic rings. The number of rotatable bonds is 9. The molecule has 1 aliphatic carbocycles. The maximum Gasteiger partial charge on any atom is 0.338 e. The quantitative estimate of drug-likeness (QED) is 0.174. The summed E-state index contributed by atoms with van der Waals surface area (Å²) in [7, 11) is 0. The van der Waals surface area contributed by atoms with E-state index in [1.807, 2.05) is 0 Å².